The number of benzene rings is 1. The molecular formula is C17H28N2O3. The van der Waals surface area contributed by atoms with Crippen molar-refractivity contribution in [3.05, 3.63) is 29.8 Å². The van der Waals surface area contributed by atoms with Gasteiger partial charge in [-0.05, 0) is 36.5 Å². The van der Waals surface area contributed by atoms with Gasteiger partial charge in [-0.15, -0.1) is 0 Å². The SMILES string of the molecule is COc1ccc(C(NC(=O)NC(C)C(C)CO)C(C)C)cc1. The Balaban J connectivity index is 2.73. The van der Waals surface area contributed by atoms with Crippen molar-refractivity contribution in [3.8, 4) is 5.75 Å². The molecule has 0 spiro atoms. The van der Waals surface area contributed by atoms with Crippen LogP contribution in [0.2, 0.25) is 0 Å². The van der Waals surface area contributed by atoms with Gasteiger partial charge in [-0.25, -0.2) is 4.79 Å². The van der Waals surface area contributed by atoms with Gasteiger partial charge in [0.1, 0.15) is 5.75 Å². The van der Waals surface area contributed by atoms with Gasteiger partial charge in [0.05, 0.1) is 13.2 Å². The van der Waals surface area contributed by atoms with Crippen LogP contribution in [0.15, 0.2) is 24.3 Å². The lowest BCUT2D eigenvalue weighted by Gasteiger charge is -2.26. The highest BCUT2D eigenvalue weighted by Gasteiger charge is 2.20. The number of urea groups is 1. The van der Waals surface area contributed by atoms with Crippen LogP contribution >= 0.6 is 0 Å². The molecular weight excluding hydrogens is 280 g/mol. The van der Waals surface area contributed by atoms with Gasteiger partial charge in [-0.1, -0.05) is 32.9 Å². The van der Waals surface area contributed by atoms with Crippen molar-refractivity contribution >= 4 is 6.03 Å². The van der Waals surface area contributed by atoms with Crippen molar-refractivity contribution in [2.45, 2.75) is 39.8 Å². The summed E-state index contributed by atoms with van der Waals surface area (Å²) in [4.78, 5) is 12.2. The first-order valence-electron chi connectivity index (χ1n) is 7.70. The Labute approximate surface area is 133 Å². The number of carbonyl (C=O) groups excluding carboxylic acids is 1. The summed E-state index contributed by atoms with van der Waals surface area (Å²) in [5.74, 6) is 1.06. The highest BCUT2D eigenvalue weighted by Crippen LogP contribution is 2.23. The first kappa shape index (κ1) is 18.3. The van der Waals surface area contributed by atoms with E-state index in [1.54, 1.807) is 7.11 Å². The molecule has 3 N–H and O–H groups in total. The predicted molar refractivity (Wildman–Crippen MR) is 88.0 cm³/mol. The molecule has 22 heavy (non-hydrogen) atoms. The molecule has 5 heteroatoms. The molecule has 1 aromatic rings. The topological polar surface area (TPSA) is 70.6 Å². The second-order valence-electron chi connectivity index (χ2n) is 6.06. The Kier molecular flexibility index (Phi) is 7.18. The smallest absolute Gasteiger partial charge is 0.315 e. The maximum absolute atomic E-state index is 12.2. The zero-order valence-electron chi connectivity index (χ0n) is 14.1. The molecule has 0 fully saturated rings. The monoisotopic (exact) mass is 308 g/mol. The minimum Gasteiger partial charge on any atom is -0.497 e. The zero-order valence-corrected chi connectivity index (χ0v) is 14.1. The van der Waals surface area contributed by atoms with Crippen LogP contribution in [0, 0.1) is 11.8 Å². The molecule has 5 nitrogen and oxygen atoms in total. The van der Waals surface area contributed by atoms with E-state index < -0.39 is 0 Å². The second kappa shape index (κ2) is 8.63. The summed E-state index contributed by atoms with van der Waals surface area (Å²) in [7, 11) is 1.63. The summed E-state index contributed by atoms with van der Waals surface area (Å²) in [6.45, 7) is 7.96. The highest BCUT2D eigenvalue weighted by atomic mass is 16.5. The molecule has 0 bridgehead atoms. The van der Waals surface area contributed by atoms with Gasteiger partial charge in [0.15, 0.2) is 0 Å². The highest BCUT2D eigenvalue weighted by molar-refractivity contribution is 5.74. The molecule has 1 rings (SSSR count). The second-order valence-corrected chi connectivity index (χ2v) is 6.06. The van der Waals surface area contributed by atoms with Gasteiger partial charge in [-0.2, -0.15) is 0 Å². The van der Waals surface area contributed by atoms with Crippen LogP contribution in [-0.4, -0.2) is 30.9 Å². The maximum Gasteiger partial charge on any atom is 0.315 e. The Morgan fingerprint density at radius 3 is 2.18 bits per heavy atom. The molecule has 3 atom stereocenters. The van der Waals surface area contributed by atoms with E-state index in [2.05, 4.69) is 24.5 Å². The average molecular weight is 308 g/mol. The van der Waals surface area contributed by atoms with Crippen LogP contribution in [0.4, 0.5) is 4.79 Å². The van der Waals surface area contributed by atoms with Crippen molar-refractivity contribution in [3.63, 3.8) is 0 Å². The molecule has 124 valence electrons. The lowest BCUT2D eigenvalue weighted by Crippen LogP contribution is -2.46. The summed E-state index contributed by atoms with van der Waals surface area (Å²) in [6.07, 6.45) is 0. The number of aliphatic hydroxyl groups is 1. The summed E-state index contributed by atoms with van der Waals surface area (Å²) in [5.41, 5.74) is 1.04. The lowest BCUT2D eigenvalue weighted by molar-refractivity contribution is 0.197. The molecule has 1 aromatic carbocycles. The van der Waals surface area contributed by atoms with E-state index in [9.17, 15) is 4.79 Å². The normalized spacial score (nSPS) is 15.0. The molecule has 0 saturated heterocycles. The van der Waals surface area contributed by atoms with Crippen LogP contribution in [0.1, 0.15) is 39.3 Å². The van der Waals surface area contributed by atoms with Crippen molar-refractivity contribution in [1.29, 1.82) is 0 Å². The quantitative estimate of drug-likeness (QED) is 0.725. The number of aliphatic hydroxyl groups excluding tert-OH is 1. The summed E-state index contributed by atoms with van der Waals surface area (Å²) in [6, 6.07) is 7.31. The lowest BCUT2D eigenvalue weighted by atomic mass is 9.96. The van der Waals surface area contributed by atoms with E-state index in [0.717, 1.165) is 11.3 Å². The van der Waals surface area contributed by atoms with Gasteiger partial charge in [0.2, 0.25) is 0 Å². The van der Waals surface area contributed by atoms with E-state index in [-0.39, 0.29) is 36.6 Å². The third-order valence-electron chi connectivity index (χ3n) is 3.93. The van der Waals surface area contributed by atoms with E-state index in [4.69, 9.17) is 9.84 Å². The first-order valence-corrected chi connectivity index (χ1v) is 7.70. The molecule has 3 unspecified atom stereocenters. The Hall–Kier alpha value is -1.75. The minimum absolute atomic E-state index is 0.0178. The van der Waals surface area contributed by atoms with E-state index >= 15 is 0 Å². The van der Waals surface area contributed by atoms with Crippen molar-refractivity contribution in [2.75, 3.05) is 13.7 Å². The van der Waals surface area contributed by atoms with E-state index in [1.165, 1.54) is 0 Å². The number of methoxy groups -OCH3 is 1. The number of rotatable bonds is 7. The molecule has 0 radical (unpaired) electrons. The molecule has 0 saturated carbocycles. The third-order valence-corrected chi connectivity index (χ3v) is 3.93. The van der Waals surface area contributed by atoms with Crippen LogP contribution in [0.25, 0.3) is 0 Å². The zero-order chi connectivity index (χ0) is 16.7. The van der Waals surface area contributed by atoms with Gasteiger partial charge in [0.25, 0.3) is 0 Å². The predicted octanol–water partition coefficient (Wildman–Crippen LogP) is 2.71. The fraction of sp³-hybridized carbons (Fsp3) is 0.588. The third kappa shape index (κ3) is 5.22. The van der Waals surface area contributed by atoms with E-state index in [1.807, 2.05) is 38.1 Å². The van der Waals surface area contributed by atoms with E-state index in [0.29, 0.717) is 0 Å². The van der Waals surface area contributed by atoms with Crippen LogP contribution in [-0.2, 0) is 0 Å². The number of hydrogen-bond donors (Lipinski definition) is 3. The molecule has 0 aliphatic carbocycles. The number of nitrogens with one attached hydrogen (secondary N) is 2. The largest absolute Gasteiger partial charge is 0.497 e. The molecule has 0 heterocycles. The Morgan fingerprint density at radius 1 is 1.14 bits per heavy atom. The van der Waals surface area contributed by atoms with Crippen LogP contribution in [0.3, 0.4) is 0 Å². The maximum atomic E-state index is 12.2. The average Bonchev–Trinajstić information content (AvgIpc) is 2.51. The fourth-order valence-electron chi connectivity index (χ4n) is 2.14. The van der Waals surface area contributed by atoms with Crippen LogP contribution in [0.5, 0.6) is 5.75 Å². The summed E-state index contributed by atoms with van der Waals surface area (Å²) >= 11 is 0. The van der Waals surface area contributed by atoms with Crippen LogP contribution < -0.4 is 15.4 Å². The number of carbonyl (C=O) groups is 1. The molecule has 0 aliphatic heterocycles. The standard InChI is InChI=1S/C17H28N2O3/c1-11(2)16(14-6-8-15(22-5)9-7-14)19-17(21)18-13(4)12(3)10-20/h6-9,11-13,16,20H,10H2,1-5H3,(H2,18,19,21). The first-order chi connectivity index (χ1) is 10.4. The van der Waals surface area contributed by atoms with Gasteiger partial charge in [0, 0.05) is 12.6 Å². The Bertz CT molecular complexity index is 459. The molecule has 0 aromatic heterocycles. The van der Waals surface area contributed by atoms with Gasteiger partial charge >= 0.3 is 6.03 Å². The van der Waals surface area contributed by atoms with Gasteiger partial charge in [-0.3, -0.25) is 0 Å². The fourth-order valence-corrected chi connectivity index (χ4v) is 2.14. The molecule has 2 amide bonds. The van der Waals surface area contributed by atoms with Gasteiger partial charge < -0.3 is 20.5 Å². The van der Waals surface area contributed by atoms with Crippen molar-refractivity contribution in [1.82, 2.24) is 10.6 Å². The number of amides is 2. The number of hydrogen-bond acceptors (Lipinski definition) is 3. The van der Waals surface area contributed by atoms with Crippen molar-refractivity contribution < 1.29 is 14.6 Å². The summed E-state index contributed by atoms with van der Waals surface area (Å²) in [5, 5.41) is 15.0. The Morgan fingerprint density at radius 2 is 1.73 bits per heavy atom. The summed E-state index contributed by atoms with van der Waals surface area (Å²) < 4.78 is 5.16. The van der Waals surface area contributed by atoms with Crippen molar-refractivity contribution in [2.24, 2.45) is 11.8 Å². The number of ether oxygens (including phenoxy) is 1. The minimum atomic E-state index is -0.220. The molecule has 0 aliphatic rings.